The molecule has 0 N–H and O–H groups in total. The zero-order valence-electron chi connectivity index (χ0n) is 15.1. The Labute approximate surface area is 158 Å². The fourth-order valence-corrected chi connectivity index (χ4v) is 4.19. The third-order valence-electron chi connectivity index (χ3n) is 4.74. The summed E-state index contributed by atoms with van der Waals surface area (Å²) in [5.74, 6) is 0. The van der Waals surface area contributed by atoms with Gasteiger partial charge >= 0.3 is 0 Å². The van der Waals surface area contributed by atoms with E-state index in [1.165, 1.54) is 26.7 Å². The fraction of sp³-hybridized carbons (Fsp3) is 0.174. The molecule has 4 rings (SSSR count). The van der Waals surface area contributed by atoms with Gasteiger partial charge in [0, 0.05) is 24.2 Å². The first kappa shape index (κ1) is 16.8. The number of aromatic nitrogens is 1. The van der Waals surface area contributed by atoms with Crippen molar-refractivity contribution >= 4 is 50.2 Å². The van der Waals surface area contributed by atoms with Crippen molar-refractivity contribution in [2.24, 2.45) is 0 Å². The molecule has 0 unspecified atom stereocenters. The van der Waals surface area contributed by atoms with E-state index in [-0.39, 0.29) is 0 Å². The predicted octanol–water partition coefficient (Wildman–Crippen LogP) is 6.47. The van der Waals surface area contributed by atoms with Crippen LogP contribution in [0.15, 0.2) is 60.7 Å². The van der Waals surface area contributed by atoms with E-state index in [1.54, 1.807) is 11.3 Å². The lowest BCUT2D eigenvalue weighted by Crippen LogP contribution is -2.21. The van der Waals surface area contributed by atoms with Crippen LogP contribution in [0.1, 0.15) is 24.4 Å². The van der Waals surface area contributed by atoms with Crippen LogP contribution in [0.3, 0.4) is 0 Å². The standard InChI is InChI=1S/C23H22N2S/c1-3-25(4-2)19-13-9-17(10-14-19)11-16-22-24-23-20-8-6-5-7-18(20)12-15-21(23)26-22/h5-16H,3-4H2,1-2H3/b16-11+. The third-order valence-corrected chi connectivity index (χ3v) is 5.73. The topological polar surface area (TPSA) is 16.1 Å². The minimum atomic E-state index is 1.03. The Hall–Kier alpha value is -2.65. The number of fused-ring (bicyclic) bond motifs is 3. The molecule has 0 aliphatic rings. The Balaban J connectivity index is 1.61. The Kier molecular flexibility index (Phi) is 4.72. The van der Waals surface area contributed by atoms with Crippen LogP contribution < -0.4 is 4.90 Å². The molecule has 3 heteroatoms. The molecule has 0 fully saturated rings. The van der Waals surface area contributed by atoms with Crippen LogP contribution in [0.2, 0.25) is 0 Å². The molecular weight excluding hydrogens is 336 g/mol. The van der Waals surface area contributed by atoms with Crippen LogP contribution in [0.4, 0.5) is 5.69 Å². The first-order valence-corrected chi connectivity index (χ1v) is 9.91. The summed E-state index contributed by atoms with van der Waals surface area (Å²) in [7, 11) is 0. The van der Waals surface area contributed by atoms with Gasteiger partial charge in [-0.3, -0.25) is 0 Å². The minimum Gasteiger partial charge on any atom is -0.372 e. The summed E-state index contributed by atoms with van der Waals surface area (Å²) < 4.78 is 1.24. The highest BCUT2D eigenvalue weighted by Gasteiger charge is 2.05. The first-order valence-electron chi connectivity index (χ1n) is 9.10. The highest BCUT2D eigenvalue weighted by atomic mass is 32.1. The number of rotatable bonds is 5. The van der Waals surface area contributed by atoms with Crippen molar-refractivity contribution in [3.8, 4) is 0 Å². The number of thiazole rings is 1. The second-order valence-corrected chi connectivity index (χ2v) is 7.34. The lowest BCUT2D eigenvalue weighted by Gasteiger charge is -2.20. The highest BCUT2D eigenvalue weighted by molar-refractivity contribution is 7.19. The molecule has 0 spiro atoms. The second kappa shape index (κ2) is 7.30. The van der Waals surface area contributed by atoms with Crippen molar-refractivity contribution in [1.29, 1.82) is 0 Å². The van der Waals surface area contributed by atoms with Crippen LogP contribution in [-0.2, 0) is 0 Å². The fourth-order valence-electron chi connectivity index (χ4n) is 3.30. The van der Waals surface area contributed by atoms with Gasteiger partial charge in [-0.2, -0.15) is 0 Å². The summed E-state index contributed by atoms with van der Waals surface area (Å²) >= 11 is 1.74. The molecule has 3 aromatic carbocycles. The van der Waals surface area contributed by atoms with Crippen molar-refractivity contribution < 1.29 is 0 Å². The zero-order chi connectivity index (χ0) is 17.9. The maximum absolute atomic E-state index is 4.85. The number of hydrogen-bond acceptors (Lipinski definition) is 3. The van der Waals surface area contributed by atoms with Crippen LogP contribution in [0, 0.1) is 0 Å². The average Bonchev–Trinajstić information content (AvgIpc) is 3.12. The smallest absolute Gasteiger partial charge is 0.117 e. The van der Waals surface area contributed by atoms with Gasteiger partial charge in [0.1, 0.15) is 5.01 Å². The Morgan fingerprint density at radius 2 is 1.65 bits per heavy atom. The van der Waals surface area contributed by atoms with Crippen molar-refractivity contribution in [2.45, 2.75) is 13.8 Å². The summed E-state index contributed by atoms with van der Waals surface area (Å²) in [4.78, 5) is 7.21. The zero-order valence-corrected chi connectivity index (χ0v) is 16.0. The summed E-state index contributed by atoms with van der Waals surface area (Å²) in [6.45, 7) is 6.44. The van der Waals surface area contributed by atoms with E-state index in [4.69, 9.17) is 4.98 Å². The second-order valence-electron chi connectivity index (χ2n) is 6.28. The van der Waals surface area contributed by atoms with E-state index in [0.29, 0.717) is 0 Å². The van der Waals surface area contributed by atoms with E-state index in [2.05, 4.69) is 91.6 Å². The molecule has 0 amide bonds. The number of anilines is 1. The number of hydrogen-bond donors (Lipinski definition) is 0. The maximum atomic E-state index is 4.85. The van der Waals surface area contributed by atoms with Gasteiger partial charge in [0.2, 0.25) is 0 Å². The molecule has 1 heterocycles. The van der Waals surface area contributed by atoms with E-state index in [1.807, 2.05) is 0 Å². The van der Waals surface area contributed by atoms with Crippen LogP contribution in [-0.4, -0.2) is 18.1 Å². The summed E-state index contributed by atoms with van der Waals surface area (Å²) in [5.41, 5.74) is 3.58. The summed E-state index contributed by atoms with van der Waals surface area (Å²) in [6, 6.07) is 21.5. The van der Waals surface area contributed by atoms with Gasteiger partial charge < -0.3 is 4.90 Å². The lowest BCUT2D eigenvalue weighted by molar-refractivity contribution is 0.866. The van der Waals surface area contributed by atoms with Gasteiger partial charge in [-0.1, -0.05) is 48.5 Å². The molecule has 0 atom stereocenters. The Morgan fingerprint density at radius 3 is 2.42 bits per heavy atom. The van der Waals surface area contributed by atoms with E-state index < -0.39 is 0 Å². The molecule has 1 aromatic heterocycles. The molecule has 0 saturated carbocycles. The van der Waals surface area contributed by atoms with Gasteiger partial charge in [-0.15, -0.1) is 11.3 Å². The molecule has 4 aromatic rings. The maximum Gasteiger partial charge on any atom is 0.117 e. The molecule has 0 aliphatic carbocycles. The van der Waals surface area contributed by atoms with Crippen molar-refractivity contribution in [2.75, 3.05) is 18.0 Å². The SMILES string of the molecule is CCN(CC)c1ccc(/C=C/c2nc3c(ccc4ccccc43)s2)cc1. The van der Waals surface area contributed by atoms with Gasteiger partial charge in [0.25, 0.3) is 0 Å². The first-order chi connectivity index (χ1) is 12.8. The minimum absolute atomic E-state index is 1.03. The van der Waals surface area contributed by atoms with Gasteiger partial charge in [0.15, 0.2) is 0 Å². The highest BCUT2D eigenvalue weighted by Crippen LogP contribution is 2.30. The molecule has 0 aliphatic heterocycles. The van der Waals surface area contributed by atoms with Gasteiger partial charge in [-0.25, -0.2) is 4.98 Å². The van der Waals surface area contributed by atoms with E-state index in [0.717, 1.165) is 23.6 Å². The monoisotopic (exact) mass is 358 g/mol. The largest absolute Gasteiger partial charge is 0.372 e. The van der Waals surface area contributed by atoms with Gasteiger partial charge in [-0.05, 0) is 49.1 Å². The molecule has 0 saturated heterocycles. The average molecular weight is 359 g/mol. The van der Waals surface area contributed by atoms with E-state index >= 15 is 0 Å². The normalized spacial score (nSPS) is 11.6. The quantitative estimate of drug-likeness (QED) is 0.406. The third kappa shape index (κ3) is 3.23. The Bertz CT molecular complexity index is 1060. The van der Waals surface area contributed by atoms with Crippen molar-refractivity contribution in [1.82, 2.24) is 4.98 Å². The number of nitrogens with zero attached hydrogens (tertiary/aromatic N) is 2. The molecule has 2 nitrogen and oxygen atoms in total. The van der Waals surface area contributed by atoms with E-state index in [9.17, 15) is 0 Å². The molecular formula is C23H22N2S. The van der Waals surface area contributed by atoms with Gasteiger partial charge in [0.05, 0.1) is 10.2 Å². The van der Waals surface area contributed by atoms with Crippen molar-refractivity contribution in [3.63, 3.8) is 0 Å². The summed E-state index contributed by atoms with van der Waals surface area (Å²) in [6.07, 6.45) is 4.26. The molecule has 0 radical (unpaired) electrons. The number of benzene rings is 3. The summed E-state index contributed by atoms with van der Waals surface area (Å²) in [5, 5.41) is 3.52. The predicted molar refractivity (Wildman–Crippen MR) is 116 cm³/mol. The van der Waals surface area contributed by atoms with Crippen molar-refractivity contribution in [3.05, 3.63) is 71.2 Å². The Morgan fingerprint density at radius 1 is 0.885 bits per heavy atom. The lowest BCUT2D eigenvalue weighted by atomic mass is 10.1. The van der Waals surface area contributed by atoms with Crippen LogP contribution >= 0.6 is 11.3 Å². The van der Waals surface area contributed by atoms with Crippen LogP contribution in [0.25, 0.3) is 33.1 Å². The molecule has 26 heavy (non-hydrogen) atoms. The molecule has 0 bridgehead atoms. The van der Waals surface area contributed by atoms with Crippen LogP contribution in [0.5, 0.6) is 0 Å². The molecule has 130 valence electrons.